The normalized spacial score (nSPS) is 18.6. The lowest BCUT2D eigenvalue weighted by Crippen LogP contribution is -2.32. The summed E-state index contributed by atoms with van der Waals surface area (Å²) in [4.78, 5) is 21.0. The van der Waals surface area contributed by atoms with Gasteiger partial charge >= 0.3 is 0 Å². The van der Waals surface area contributed by atoms with Crippen LogP contribution in [0.4, 0.5) is 5.82 Å². The van der Waals surface area contributed by atoms with Gasteiger partial charge in [-0.05, 0) is 48.7 Å². The molecule has 3 aromatic rings. The monoisotopic (exact) mass is 387 g/mol. The van der Waals surface area contributed by atoms with Crippen LogP contribution in [-0.4, -0.2) is 24.2 Å². The highest BCUT2D eigenvalue weighted by Crippen LogP contribution is 2.42. The van der Waals surface area contributed by atoms with E-state index in [0.717, 1.165) is 39.4 Å². The minimum absolute atomic E-state index is 0.0269. The van der Waals surface area contributed by atoms with E-state index in [1.165, 1.54) is 0 Å². The molecular formula is C24H25N3O2. The molecular weight excluding hydrogens is 362 g/mol. The summed E-state index contributed by atoms with van der Waals surface area (Å²) < 4.78 is 5.41. The molecule has 5 nitrogen and oxygen atoms in total. The van der Waals surface area contributed by atoms with Gasteiger partial charge in [0.05, 0.1) is 13.2 Å². The van der Waals surface area contributed by atoms with Gasteiger partial charge < -0.3 is 15.0 Å². The Kier molecular flexibility index (Phi) is 4.97. The van der Waals surface area contributed by atoms with Crippen molar-refractivity contribution in [3.05, 3.63) is 82.0 Å². The van der Waals surface area contributed by atoms with Crippen molar-refractivity contribution in [3.63, 3.8) is 0 Å². The Labute approximate surface area is 170 Å². The summed E-state index contributed by atoms with van der Waals surface area (Å²) in [5.41, 5.74) is 5.88. The average molecular weight is 387 g/mol. The number of hydrogen-bond donors (Lipinski definition) is 2. The van der Waals surface area contributed by atoms with Crippen molar-refractivity contribution >= 4 is 17.9 Å². The highest BCUT2D eigenvalue weighted by atomic mass is 16.5. The molecule has 1 aliphatic rings. The summed E-state index contributed by atoms with van der Waals surface area (Å²) in [6, 6.07) is 13.5. The van der Waals surface area contributed by atoms with Crippen molar-refractivity contribution in [1.29, 1.82) is 0 Å². The molecule has 0 spiro atoms. The largest absolute Gasteiger partial charge is 0.496 e. The Hall–Kier alpha value is -3.34. The van der Waals surface area contributed by atoms with Crippen LogP contribution in [0.1, 0.15) is 64.0 Å². The molecule has 1 aliphatic heterocycles. The highest BCUT2D eigenvalue weighted by Gasteiger charge is 2.31. The quantitative estimate of drug-likeness (QED) is 0.619. The molecule has 0 fully saturated rings. The van der Waals surface area contributed by atoms with E-state index in [1.807, 2.05) is 56.4 Å². The number of carbonyl (C=O) groups excluding carboxylic acids is 1. The number of methoxy groups -OCH3 is 1. The van der Waals surface area contributed by atoms with E-state index in [4.69, 9.17) is 4.74 Å². The number of hydrogen-bond acceptors (Lipinski definition) is 3. The maximum Gasteiger partial charge on any atom is 0.252 e. The van der Waals surface area contributed by atoms with Gasteiger partial charge in [-0.3, -0.25) is 4.79 Å². The number of aromatic amines is 1. The zero-order valence-corrected chi connectivity index (χ0v) is 17.1. The maximum absolute atomic E-state index is 13.2. The van der Waals surface area contributed by atoms with Crippen LogP contribution in [0.15, 0.2) is 53.7 Å². The van der Waals surface area contributed by atoms with E-state index in [1.54, 1.807) is 13.3 Å². The van der Waals surface area contributed by atoms with Crippen LogP contribution in [0.25, 0.3) is 0 Å². The van der Waals surface area contributed by atoms with Crippen LogP contribution < -0.4 is 10.1 Å². The predicted octanol–water partition coefficient (Wildman–Crippen LogP) is 5.04. The summed E-state index contributed by atoms with van der Waals surface area (Å²) >= 11 is 0. The lowest BCUT2D eigenvalue weighted by atomic mass is 9.83. The molecule has 2 atom stereocenters. The fourth-order valence-electron chi connectivity index (χ4n) is 4.24. The summed E-state index contributed by atoms with van der Waals surface area (Å²) in [5.74, 6) is 1.61. The van der Waals surface area contributed by atoms with E-state index in [2.05, 4.69) is 28.3 Å². The first kappa shape index (κ1) is 19.0. The Morgan fingerprint density at radius 2 is 1.93 bits per heavy atom. The summed E-state index contributed by atoms with van der Waals surface area (Å²) in [6.07, 6.45) is 3.75. The van der Waals surface area contributed by atoms with E-state index >= 15 is 0 Å². The Balaban J connectivity index is 1.94. The molecule has 0 aliphatic carbocycles. The van der Waals surface area contributed by atoms with Gasteiger partial charge in [-0.1, -0.05) is 31.2 Å². The number of nitrogens with one attached hydrogen (secondary N) is 2. The standard InChI is InChI=1S/C24H25N3O2/c1-5-25-23-21-15(3)17-8-6-7-9-18(17)24(28)27-22(19(21)13-26-23)16-10-11-20(29-4)14(2)12-16/h5-13,15,22,26H,1-4H3,(H,27,28)/b25-5-. The molecule has 2 unspecified atom stereocenters. The van der Waals surface area contributed by atoms with Crippen molar-refractivity contribution in [3.8, 4) is 5.75 Å². The third-order valence-corrected chi connectivity index (χ3v) is 5.63. The number of aromatic nitrogens is 1. The minimum Gasteiger partial charge on any atom is -0.496 e. The van der Waals surface area contributed by atoms with Gasteiger partial charge in [0.15, 0.2) is 0 Å². The topological polar surface area (TPSA) is 66.5 Å². The van der Waals surface area contributed by atoms with E-state index in [0.29, 0.717) is 5.56 Å². The first-order valence-electron chi connectivity index (χ1n) is 9.79. The Morgan fingerprint density at radius 3 is 2.66 bits per heavy atom. The number of carbonyl (C=O) groups is 1. The molecule has 0 saturated carbocycles. The summed E-state index contributed by atoms with van der Waals surface area (Å²) in [6.45, 7) is 6.05. The zero-order chi connectivity index (χ0) is 20.5. The van der Waals surface area contributed by atoms with E-state index in [9.17, 15) is 4.79 Å². The summed E-state index contributed by atoms with van der Waals surface area (Å²) in [7, 11) is 1.66. The fraction of sp³-hybridized carbons (Fsp3) is 0.250. The van der Waals surface area contributed by atoms with Gasteiger partial charge in [-0.15, -0.1) is 0 Å². The second-order valence-electron chi connectivity index (χ2n) is 7.34. The maximum atomic E-state index is 13.2. The van der Waals surface area contributed by atoms with Gasteiger partial charge in [0.2, 0.25) is 0 Å². The molecule has 0 saturated heterocycles. The SMILES string of the molecule is C/C=N\c1[nH]cc2c1C(C)c1ccccc1C(=O)NC2c1ccc(OC)c(C)c1. The van der Waals surface area contributed by atoms with Crippen molar-refractivity contribution in [1.82, 2.24) is 10.3 Å². The number of H-pyrrole nitrogens is 1. The molecule has 4 rings (SSSR count). The fourth-order valence-corrected chi connectivity index (χ4v) is 4.24. The van der Waals surface area contributed by atoms with Gasteiger partial charge in [-0.2, -0.15) is 0 Å². The smallest absolute Gasteiger partial charge is 0.252 e. The molecule has 1 amide bonds. The van der Waals surface area contributed by atoms with Crippen LogP contribution in [0.5, 0.6) is 5.75 Å². The molecule has 0 radical (unpaired) electrons. The van der Waals surface area contributed by atoms with Crippen LogP contribution in [0.2, 0.25) is 0 Å². The molecule has 148 valence electrons. The van der Waals surface area contributed by atoms with Crippen LogP contribution in [0.3, 0.4) is 0 Å². The Morgan fingerprint density at radius 1 is 1.14 bits per heavy atom. The van der Waals surface area contributed by atoms with Gasteiger partial charge in [0, 0.05) is 35.0 Å². The van der Waals surface area contributed by atoms with Gasteiger partial charge in [0.25, 0.3) is 5.91 Å². The number of aliphatic imine (C=N–C) groups is 1. The van der Waals surface area contributed by atoms with Crippen LogP contribution >= 0.6 is 0 Å². The molecule has 1 aromatic heterocycles. The molecule has 5 heteroatoms. The lowest BCUT2D eigenvalue weighted by molar-refractivity contribution is 0.0940. The lowest BCUT2D eigenvalue weighted by Gasteiger charge is -2.27. The minimum atomic E-state index is -0.282. The van der Waals surface area contributed by atoms with Crippen LogP contribution in [0, 0.1) is 6.92 Å². The van der Waals surface area contributed by atoms with Crippen LogP contribution in [-0.2, 0) is 0 Å². The number of amides is 1. The molecule has 2 N–H and O–H groups in total. The second-order valence-corrected chi connectivity index (χ2v) is 7.34. The number of nitrogens with zero attached hydrogens (tertiary/aromatic N) is 1. The number of fused-ring (bicyclic) bond motifs is 2. The Bertz CT molecular complexity index is 1100. The van der Waals surface area contributed by atoms with Crippen molar-refractivity contribution in [2.24, 2.45) is 4.99 Å². The van der Waals surface area contributed by atoms with E-state index < -0.39 is 0 Å². The number of ether oxygens (including phenoxy) is 1. The number of aryl methyl sites for hydroxylation is 1. The molecule has 29 heavy (non-hydrogen) atoms. The second kappa shape index (κ2) is 7.59. The molecule has 2 aromatic carbocycles. The molecule has 2 heterocycles. The summed E-state index contributed by atoms with van der Waals surface area (Å²) in [5, 5.41) is 3.24. The van der Waals surface area contributed by atoms with Crippen molar-refractivity contribution in [2.75, 3.05) is 7.11 Å². The zero-order valence-electron chi connectivity index (χ0n) is 17.1. The molecule has 0 bridgehead atoms. The predicted molar refractivity (Wildman–Crippen MR) is 116 cm³/mol. The number of benzene rings is 2. The van der Waals surface area contributed by atoms with Gasteiger partial charge in [0.1, 0.15) is 11.6 Å². The first-order valence-corrected chi connectivity index (χ1v) is 9.79. The van der Waals surface area contributed by atoms with Crippen molar-refractivity contribution < 1.29 is 9.53 Å². The third-order valence-electron chi connectivity index (χ3n) is 5.63. The van der Waals surface area contributed by atoms with E-state index in [-0.39, 0.29) is 17.9 Å². The first-order chi connectivity index (χ1) is 14.0. The highest BCUT2D eigenvalue weighted by molar-refractivity contribution is 5.97. The van der Waals surface area contributed by atoms with Crippen molar-refractivity contribution in [2.45, 2.75) is 32.7 Å². The number of rotatable bonds is 3. The average Bonchev–Trinajstić information content (AvgIpc) is 3.14. The van der Waals surface area contributed by atoms with Gasteiger partial charge in [-0.25, -0.2) is 4.99 Å². The third kappa shape index (κ3) is 3.23.